The van der Waals surface area contributed by atoms with Gasteiger partial charge in [0.15, 0.2) is 5.71 Å². The van der Waals surface area contributed by atoms with Crippen molar-refractivity contribution in [2.75, 3.05) is 5.43 Å². The number of ether oxygens (including phenoxy) is 1. The Labute approximate surface area is 197 Å². The van der Waals surface area contributed by atoms with Gasteiger partial charge in [0.2, 0.25) is 0 Å². The molecule has 0 spiro atoms. The summed E-state index contributed by atoms with van der Waals surface area (Å²) in [5.74, 6) is 0.392. The minimum atomic E-state index is -0.748. The summed E-state index contributed by atoms with van der Waals surface area (Å²) in [5.41, 5.74) is 1.96. The van der Waals surface area contributed by atoms with Gasteiger partial charge in [-0.05, 0) is 36.7 Å². The number of anilines is 1. The second-order valence-corrected chi connectivity index (χ2v) is 8.92. The second-order valence-electron chi connectivity index (χ2n) is 8.92. The van der Waals surface area contributed by atoms with Gasteiger partial charge in [-0.3, -0.25) is 25.7 Å². The van der Waals surface area contributed by atoms with Crippen molar-refractivity contribution in [2.45, 2.75) is 46.1 Å². The van der Waals surface area contributed by atoms with Gasteiger partial charge >= 0.3 is 11.7 Å². The summed E-state index contributed by atoms with van der Waals surface area (Å²) in [6.07, 6.45) is 2.57. The standard InChI is InChI=1S/C24H28N4O6/c1-15(2)19-11-9-16(3)13-22(19)34-24(29)23(17-7-5-4-6-8-17)26-25-20-12-10-18(27(30)31)14-21(20)28(32)33/h4-8,10,12,14-16,19,22,25H,9,11,13H2,1-3H3/b26-23-/t16-,19+,22+/m0/s1. The Morgan fingerprint density at radius 1 is 1.09 bits per heavy atom. The maximum atomic E-state index is 13.3. The summed E-state index contributed by atoms with van der Waals surface area (Å²) >= 11 is 0. The Bertz CT molecular complexity index is 1090. The van der Waals surface area contributed by atoms with Crippen LogP contribution in [0.3, 0.4) is 0 Å². The fourth-order valence-corrected chi connectivity index (χ4v) is 4.26. The molecule has 1 fully saturated rings. The van der Waals surface area contributed by atoms with Gasteiger partial charge in [0.05, 0.1) is 15.9 Å². The van der Waals surface area contributed by atoms with Crippen molar-refractivity contribution in [1.82, 2.24) is 0 Å². The number of hydrazone groups is 1. The first kappa shape index (κ1) is 24.8. The Balaban J connectivity index is 1.92. The Morgan fingerprint density at radius 2 is 1.79 bits per heavy atom. The lowest BCUT2D eigenvalue weighted by Gasteiger charge is -2.36. The minimum Gasteiger partial charge on any atom is -0.457 e. The summed E-state index contributed by atoms with van der Waals surface area (Å²) in [5, 5.41) is 26.6. The number of nitrogens with zero attached hydrogens (tertiary/aromatic N) is 3. The number of carbonyl (C=O) groups excluding carboxylic acids is 1. The number of nitro benzene ring substituents is 2. The number of non-ortho nitro benzene ring substituents is 1. The topological polar surface area (TPSA) is 137 Å². The van der Waals surface area contributed by atoms with Crippen molar-refractivity contribution in [2.24, 2.45) is 22.9 Å². The van der Waals surface area contributed by atoms with Crippen molar-refractivity contribution >= 4 is 28.7 Å². The number of hydrogen-bond donors (Lipinski definition) is 1. The van der Waals surface area contributed by atoms with E-state index in [0.717, 1.165) is 31.4 Å². The molecule has 10 nitrogen and oxygen atoms in total. The lowest BCUT2D eigenvalue weighted by molar-refractivity contribution is -0.393. The molecule has 2 aromatic rings. The van der Waals surface area contributed by atoms with E-state index >= 15 is 0 Å². The van der Waals surface area contributed by atoms with E-state index in [9.17, 15) is 25.0 Å². The maximum absolute atomic E-state index is 13.3. The molecule has 0 aromatic heterocycles. The van der Waals surface area contributed by atoms with E-state index in [-0.39, 0.29) is 23.4 Å². The molecular weight excluding hydrogens is 440 g/mol. The Hall–Kier alpha value is -3.82. The summed E-state index contributed by atoms with van der Waals surface area (Å²) in [6, 6.07) is 11.8. The molecule has 3 atom stereocenters. The predicted octanol–water partition coefficient (Wildman–Crippen LogP) is 5.32. The smallest absolute Gasteiger partial charge is 0.359 e. The lowest BCUT2D eigenvalue weighted by Crippen LogP contribution is -2.37. The number of rotatable bonds is 8. The number of esters is 1. The number of carbonyl (C=O) groups is 1. The molecule has 1 N–H and O–H groups in total. The van der Waals surface area contributed by atoms with Crippen LogP contribution in [0.1, 0.15) is 45.6 Å². The molecule has 0 saturated heterocycles. The van der Waals surface area contributed by atoms with Crippen molar-refractivity contribution in [3.8, 4) is 0 Å². The van der Waals surface area contributed by atoms with Crippen LogP contribution in [-0.2, 0) is 9.53 Å². The molecule has 10 heteroatoms. The van der Waals surface area contributed by atoms with Crippen LogP contribution in [0.2, 0.25) is 0 Å². The summed E-state index contributed by atoms with van der Waals surface area (Å²) in [7, 11) is 0. The van der Waals surface area contributed by atoms with Gasteiger partial charge in [0, 0.05) is 11.6 Å². The van der Waals surface area contributed by atoms with Crippen LogP contribution in [-0.4, -0.2) is 27.6 Å². The van der Waals surface area contributed by atoms with E-state index in [0.29, 0.717) is 17.4 Å². The molecule has 0 heterocycles. The highest BCUT2D eigenvalue weighted by molar-refractivity contribution is 6.43. The first-order valence-corrected chi connectivity index (χ1v) is 11.2. The highest BCUT2D eigenvalue weighted by atomic mass is 16.6. The van der Waals surface area contributed by atoms with E-state index in [2.05, 4.69) is 31.3 Å². The summed E-state index contributed by atoms with van der Waals surface area (Å²) in [4.78, 5) is 34.2. The van der Waals surface area contributed by atoms with Gasteiger partial charge in [-0.25, -0.2) is 4.79 Å². The average Bonchev–Trinajstić information content (AvgIpc) is 2.79. The molecule has 0 unspecified atom stereocenters. The molecule has 0 radical (unpaired) electrons. The van der Waals surface area contributed by atoms with Crippen LogP contribution < -0.4 is 5.43 Å². The molecule has 0 amide bonds. The van der Waals surface area contributed by atoms with Crippen LogP contribution in [0.4, 0.5) is 17.1 Å². The van der Waals surface area contributed by atoms with Gasteiger partial charge in [-0.2, -0.15) is 5.10 Å². The zero-order valence-electron chi connectivity index (χ0n) is 19.3. The fourth-order valence-electron chi connectivity index (χ4n) is 4.26. The quantitative estimate of drug-likeness (QED) is 0.239. The largest absolute Gasteiger partial charge is 0.457 e. The Kier molecular flexibility index (Phi) is 7.93. The van der Waals surface area contributed by atoms with Gasteiger partial charge < -0.3 is 4.74 Å². The van der Waals surface area contributed by atoms with Crippen molar-refractivity contribution in [3.63, 3.8) is 0 Å². The molecule has 1 aliphatic carbocycles. The zero-order valence-corrected chi connectivity index (χ0v) is 19.3. The lowest BCUT2D eigenvalue weighted by atomic mass is 9.75. The monoisotopic (exact) mass is 468 g/mol. The van der Waals surface area contributed by atoms with Gasteiger partial charge in [-0.15, -0.1) is 0 Å². The molecular formula is C24H28N4O6. The average molecular weight is 469 g/mol. The molecule has 0 bridgehead atoms. The van der Waals surface area contributed by atoms with Crippen LogP contribution in [0.15, 0.2) is 53.6 Å². The molecule has 0 aliphatic heterocycles. The number of nitrogens with one attached hydrogen (secondary N) is 1. The van der Waals surface area contributed by atoms with Crippen molar-refractivity contribution in [3.05, 3.63) is 74.3 Å². The number of benzene rings is 2. The van der Waals surface area contributed by atoms with Crippen LogP contribution in [0.5, 0.6) is 0 Å². The third kappa shape index (κ3) is 5.94. The van der Waals surface area contributed by atoms with E-state index in [4.69, 9.17) is 4.74 Å². The zero-order chi connectivity index (χ0) is 24.8. The van der Waals surface area contributed by atoms with Gasteiger partial charge in [0.1, 0.15) is 11.8 Å². The summed E-state index contributed by atoms with van der Waals surface area (Å²) in [6.45, 7) is 6.37. The van der Waals surface area contributed by atoms with Crippen LogP contribution in [0.25, 0.3) is 0 Å². The predicted molar refractivity (Wildman–Crippen MR) is 128 cm³/mol. The van der Waals surface area contributed by atoms with Crippen LogP contribution in [0, 0.1) is 38.0 Å². The summed E-state index contributed by atoms with van der Waals surface area (Å²) < 4.78 is 5.94. The third-order valence-electron chi connectivity index (χ3n) is 6.14. The minimum absolute atomic E-state index is 0.0333. The van der Waals surface area contributed by atoms with E-state index in [1.54, 1.807) is 30.3 Å². The molecule has 1 aliphatic rings. The normalized spacial score (nSPS) is 20.6. The fraction of sp³-hybridized carbons (Fsp3) is 0.417. The first-order chi connectivity index (χ1) is 16.2. The number of nitro groups is 2. The molecule has 2 aromatic carbocycles. The molecule has 34 heavy (non-hydrogen) atoms. The van der Waals surface area contributed by atoms with Gasteiger partial charge in [-0.1, -0.05) is 57.5 Å². The molecule has 3 rings (SSSR count). The SMILES string of the molecule is CC(C)[C@H]1CC[C@H](C)C[C@H]1OC(=O)/C(=N\Nc1ccc([N+](=O)[O-])cc1[N+](=O)[O-])c1ccccc1. The van der Waals surface area contributed by atoms with Crippen molar-refractivity contribution < 1.29 is 19.4 Å². The highest BCUT2D eigenvalue weighted by Crippen LogP contribution is 2.35. The Morgan fingerprint density at radius 3 is 2.41 bits per heavy atom. The van der Waals surface area contributed by atoms with Crippen molar-refractivity contribution in [1.29, 1.82) is 0 Å². The molecule has 1 saturated carbocycles. The van der Waals surface area contributed by atoms with E-state index < -0.39 is 27.2 Å². The maximum Gasteiger partial charge on any atom is 0.359 e. The van der Waals surface area contributed by atoms with Gasteiger partial charge in [0.25, 0.3) is 5.69 Å². The second kappa shape index (κ2) is 10.9. The first-order valence-electron chi connectivity index (χ1n) is 11.2. The highest BCUT2D eigenvalue weighted by Gasteiger charge is 2.34. The van der Waals surface area contributed by atoms with E-state index in [1.165, 1.54) is 6.07 Å². The molecule has 180 valence electrons. The van der Waals surface area contributed by atoms with E-state index in [1.807, 2.05) is 0 Å². The number of hydrogen-bond acceptors (Lipinski definition) is 8. The third-order valence-corrected chi connectivity index (χ3v) is 6.14. The van der Waals surface area contributed by atoms with Crippen LogP contribution >= 0.6 is 0 Å².